The SMILES string of the molecule is CNOCc1c(F)cccc1F. The molecule has 0 unspecified atom stereocenters. The first-order valence-corrected chi connectivity index (χ1v) is 3.47. The average Bonchev–Trinajstić information content (AvgIpc) is 2.04. The van der Waals surface area contributed by atoms with E-state index in [1.165, 1.54) is 25.2 Å². The van der Waals surface area contributed by atoms with Crippen LogP contribution in [0.5, 0.6) is 0 Å². The highest BCUT2D eigenvalue weighted by Gasteiger charge is 2.07. The molecule has 12 heavy (non-hydrogen) atoms. The smallest absolute Gasteiger partial charge is 0.131 e. The molecule has 0 amide bonds. The first-order chi connectivity index (χ1) is 5.75. The standard InChI is InChI=1S/C8H9F2NO/c1-11-12-5-6-7(9)3-2-4-8(6)10/h2-4,11H,5H2,1H3. The predicted molar refractivity (Wildman–Crippen MR) is 40.2 cm³/mol. The Morgan fingerprint density at radius 1 is 1.33 bits per heavy atom. The lowest BCUT2D eigenvalue weighted by molar-refractivity contribution is 0.0409. The molecule has 2 nitrogen and oxygen atoms in total. The van der Waals surface area contributed by atoms with Gasteiger partial charge in [0.05, 0.1) is 12.2 Å². The summed E-state index contributed by atoms with van der Waals surface area (Å²) in [5.41, 5.74) is 2.27. The summed E-state index contributed by atoms with van der Waals surface area (Å²) in [6.45, 7) is -0.116. The Morgan fingerprint density at radius 2 is 1.92 bits per heavy atom. The lowest BCUT2D eigenvalue weighted by atomic mass is 10.2. The van der Waals surface area contributed by atoms with Crippen LogP contribution in [0.2, 0.25) is 0 Å². The largest absolute Gasteiger partial charge is 0.297 e. The molecular formula is C8H9F2NO. The number of halogens is 2. The van der Waals surface area contributed by atoms with E-state index in [0.29, 0.717) is 0 Å². The number of benzene rings is 1. The molecule has 0 bridgehead atoms. The highest BCUT2D eigenvalue weighted by atomic mass is 19.1. The van der Waals surface area contributed by atoms with Crippen molar-refractivity contribution in [1.29, 1.82) is 0 Å². The molecule has 0 saturated heterocycles. The second-order valence-corrected chi connectivity index (χ2v) is 2.19. The van der Waals surface area contributed by atoms with Gasteiger partial charge in [0.2, 0.25) is 0 Å². The van der Waals surface area contributed by atoms with Crippen LogP contribution < -0.4 is 5.48 Å². The number of hydroxylamine groups is 1. The number of nitrogens with one attached hydrogen (secondary N) is 1. The molecule has 0 aliphatic rings. The number of hydrogen-bond donors (Lipinski definition) is 1. The Balaban J connectivity index is 2.81. The molecule has 0 heterocycles. The Bertz CT molecular complexity index is 245. The van der Waals surface area contributed by atoms with E-state index in [1.807, 2.05) is 0 Å². The van der Waals surface area contributed by atoms with Crippen molar-refractivity contribution in [3.63, 3.8) is 0 Å². The van der Waals surface area contributed by atoms with E-state index in [9.17, 15) is 8.78 Å². The van der Waals surface area contributed by atoms with Gasteiger partial charge in [0.25, 0.3) is 0 Å². The van der Waals surface area contributed by atoms with Gasteiger partial charge in [-0.2, -0.15) is 0 Å². The minimum absolute atomic E-state index is 0.0631. The van der Waals surface area contributed by atoms with Crippen molar-refractivity contribution in [2.75, 3.05) is 7.05 Å². The lowest BCUT2D eigenvalue weighted by Gasteiger charge is -2.03. The van der Waals surface area contributed by atoms with Crippen molar-refractivity contribution in [2.24, 2.45) is 0 Å². The van der Waals surface area contributed by atoms with Crippen LogP contribution >= 0.6 is 0 Å². The summed E-state index contributed by atoms with van der Waals surface area (Å²) in [6.07, 6.45) is 0. The van der Waals surface area contributed by atoms with Crippen LogP contribution in [0.4, 0.5) is 8.78 Å². The van der Waals surface area contributed by atoms with E-state index in [4.69, 9.17) is 0 Å². The van der Waals surface area contributed by atoms with Gasteiger partial charge in [-0.25, -0.2) is 14.3 Å². The fourth-order valence-electron chi connectivity index (χ4n) is 0.815. The first kappa shape index (κ1) is 9.09. The van der Waals surface area contributed by atoms with Gasteiger partial charge < -0.3 is 0 Å². The van der Waals surface area contributed by atoms with Crippen LogP contribution in [-0.2, 0) is 11.4 Å². The van der Waals surface area contributed by atoms with Gasteiger partial charge in [0.1, 0.15) is 11.6 Å². The highest BCUT2D eigenvalue weighted by Crippen LogP contribution is 2.12. The highest BCUT2D eigenvalue weighted by molar-refractivity contribution is 5.18. The van der Waals surface area contributed by atoms with Gasteiger partial charge in [0, 0.05) is 7.05 Å². The van der Waals surface area contributed by atoms with Gasteiger partial charge in [-0.1, -0.05) is 6.07 Å². The van der Waals surface area contributed by atoms with Crippen LogP contribution in [0, 0.1) is 11.6 Å². The summed E-state index contributed by atoms with van der Waals surface area (Å²) in [5.74, 6) is -1.18. The summed E-state index contributed by atoms with van der Waals surface area (Å²) >= 11 is 0. The zero-order valence-corrected chi connectivity index (χ0v) is 6.60. The number of rotatable bonds is 3. The van der Waals surface area contributed by atoms with Gasteiger partial charge in [-0.3, -0.25) is 4.84 Å². The normalized spacial score (nSPS) is 10.2. The van der Waals surface area contributed by atoms with Gasteiger partial charge in [-0.15, -0.1) is 0 Å². The molecule has 0 aliphatic carbocycles. The minimum Gasteiger partial charge on any atom is -0.297 e. The second kappa shape index (κ2) is 4.13. The molecule has 1 N–H and O–H groups in total. The van der Waals surface area contributed by atoms with Crippen molar-refractivity contribution in [2.45, 2.75) is 6.61 Å². The van der Waals surface area contributed by atoms with Crippen LogP contribution in [0.3, 0.4) is 0 Å². The summed E-state index contributed by atoms with van der Waals surface area (Å²) < 4.78 is 25.7. The molecule has 0 fully saturated rings. The maximum absolute atomic E-state index is 12.8. The Hall–Kier alpha value is -1.00. The lowest BCUT2D eigenvalue weighted by Crippen LogP contribution is -2.09. The number of hydrogen-bond acceptors (Lipinski definition) is 2. The van der Waals surface area contributed by atoms with Crippen LogP contribution in [-0.4, -0.2) is 7.05 Å². The quantitative estimate of drug-likeness (QED) is 0.701. The van der Waals surface area contributed by atoms with E-state index in [0.717, 1.165) is 0 Å². The van der Waals surface area contributed by atoms with E-state index < -0.39 is 11.6 Å². The third-order valence-corrected chi connectivity index (χ3v) is 1.42. The third kappa shape index (κ3) is 1.99. The molecule has 1 aromatic rings. The molecule has 0 aromatic heterocycles. The zero-order valence-electron chi connectivity index (χ0n) is 6.60. The minimum atomic E-state index is -0.592. The van der Waals surface area contributed by atoms with Crippen LogP contribution in [0.25, 0.3) is 0 Å². The van der Waals surface area contributed by atoms with Crippen molar-refractivity contribution >= 4 is 0 Å². The molecule has 1 aromatic carbocycles. The molecule has 0 spiro atoms. The molecule has 1 rings (SSSR count). The Labute approximate surface area is 69.1 Å². The molecule has 0 saturated carbocycles. The van der Waals surface area contributed by atoms with Gasteiger partial charge >= 0.3 is 0 Å². The summed E-state index contributed by atoms with van der Waals surface area (Å²) in [6, 6.07) is 3.70. The summed E-state index contributed by atoms with van der Waals surface area (Å²) in [5, 5.41) is 0. The summed E-state index contributed by atoms with van der Waals surface area (Å²) in [4.78, 5) is 4.65. The zero-order chi connectivity index (χ0) is 8.97. The van der Waals surface area contributed by atoms with E-state index >= 15 is 0 Å². The first-order valence-electron chi connectivity index (χ1n) is 3.47. The predicted octanol–water partition coefficient (Wildman–Crippen LogP) is 1.62. The van der Waals surface area contributed by atoms with Crippen molar-refractivity contribution < 1.29 is 13.6 Å². The fraction of sp³-hybridized carbons (Fsp3) is 0.250. The van der Waals surface area contributed by atoms with E-state index in [2.05, 4.69) is 10.3 Å². The topological polar surface area (TPSA) is 21.3 Å². The summed E-state index contributed by atoms with van der Waals surface area (Å²) in [7, 11) is 1.53. The Morgan fingerprint density at radius 3 is 2.42 bits per heavy atom. The molecule has 0 aliphatic heterocycles. The maximum atomic E-state index is 12.8. The second-order valence-electron chi connectivity index (χ2n) is 2.19. The van der Waals surface area contributed by atoms with Crippen LogP contribution in [0.1, 0.15) is 5.56 Å². The van der Waals surface area contributed by atoms with Crippen molar-refractivity contribution in [3.05, 3.63) is 35.4 Å². The molecule has 0 atom stereocenters. The van der Waals surface area contributed by atoms with Crippen molar-refractivity contribution in [1.82, 2.24) is 5.48 Å². The molecule has 0 radical (unpaired) electrons. The van der Waals surface area contributed by atoms with Gasteiger partial charge in [-0.05, 0) is 12.1 Å². The van der Waals surface area contributed by atoms with Gasteiger partial charge in [0.15, 0.2) is 0 Å². The van der Waals surface area contributed by atoms with Crippen LogP contribution in [0.15, 0.2) is 18.2 Å². The van der Waals surface area contributed by atoms with E-state index in [-0.39, 0.29) is 12.2 Å². The average molecular weight is 173 g/mol. The fourth-order valence-corrected chi connectivity index (χ4v) is 0.815. The third-order valence-electron chi connectivity index (χ3n) is 1.42. The molecular weight excluding hydrogens is 164 g/mol. The van der Waals surface area contributed by atoms with E-state index in [1.54, 1.807) is 0 Å². The monoisotopic (exact) mass is 173 g/mol. The molecule has 4 heteroatoms. The maximum Gasteiger partial charge on any atom is 0.131 e. The van der Waals surface area contributed by atoms with Crippen molar-refractivity contribution in [3.8, 4) is 0 Å². The molecule has 66 valence electrons. The Kier molecular flexibility index (Phi) is 3.13.